The van der Waals surface area contributed by atoms with Gasteiger partial charge < -0.3 is 10.1 Å². The van der Waals surface area contributed by atoms with Crippen LogP contribution in [0.1, 0.15) is 21.7 Å². The van der Waals surface area contributed by atoms with Gasteiger partial charge in [-0.25, -0.2) is 9.36 Å². The van der Waals surface area contributed by atoms with Crippen molar-refractivity contribution in [1.82, 2.24) is 19.6 Å². The smallest absolute Gasteiger partial charge is 0.277 e. The van der Waals surface area contributed by atoms with Crippen LogP contribution in [-0.2, 0) is 0 Å². The van der Waals surface area contributed by atoms with Crippen LogP contribution in [0.2, 0.25) is 0 Å². The lowest BCUT2D eigenvalue weighted by atomic mass is 10.3. The Morgan fingerprint density at radius 3 is 2.38 bits per heavy atom. The fourth-order valence-electron chi connectivity index (χ4n) is 3.04. The average molecular weight is 387 g/mol. The van der Waals surface area contributed by atoms with Crippen molar-refractivity contribution in [3.05, 3.63) is 83.8 Å². The molecule has 1 amide bonds. The van der Waals surface area contributed by atoms with Gasteiger partial charge in [0.05, 0.1) is 18.5 Å². The van der Waals surface area contributed by atoms with Crippen LogP contribution in [0.5, 0.6) is 5.75 Å². The second-order valence-electron chi connectivity index (χ2n) is 6.68. The summed E-state index contributed by atoms with van der Waals surface area (Å²) in [4.78, 5) is 12.8. The number of amides is 1. The van der Waals surface area contributed by atoms with E-state index in [1.165, 1.54) is 0 Å². The molecule has 0 aliphatic carbocycles. The molecule has 0 saturated heterocycles. The number of carbonyl (C=O) groups excluding carboxylic acids is 1. The van der Waals surface area contributed by atoms with Crippen molar-refractivity contribution in [3.63, 3.8) is 0 Å². The summed E-state index contributed by atoms with van der Waals surface area (Å²) >= 11 is 0. The lowest BCUT2D eigenvalue weighted by molar-refractivity contribution is 0.102. The van der Waals surface area contributed by atoms with Crippen molar-refractivity contribution in [1.29, 1.82) is 0 Å². The number of nitrogens with zero attached hydrogens (tertiary/aromatic N) is 4. The van der Waals surface area contributed by atoms with Crippen LogP contribution in [0.3, 0.4) is 0 Å². The Hall–Kier alpha value is -3.87. The molecule has 0 fully saturated rings. The van der Waals surface area contributed by atoms with Crippen molar-refractivity contribution in [2.45, 2.75) is 13.8 Å². The van der Waals surface area contributed by atoms with Gasteiger partial charge in [0.1, 0.15) is 5.75 Å². The first kappa shape index (κ1) is 18.5. The third-order valence-corrected chi connectivity index (χ3v) is 4.59. The molecule has 0 aliphatic rings. The van der Waals surface area contributed by atoms with Crippen LogP contribution in [0.25, 0.3) is 11.4 Å². The maximum atomic E-state index is 12.8. The molecule has 0 bridgehead atoms. The number of hydrogen-bond acceptors (Lipinski definition) is 4. The van der Waals surface area contributed by atoms with E-state index in [0.717, 1.165) is 28.4 Å². The molecule has 1 N–H and O–H groups in total. The molecular weight excluding hydrogens is 366 g/mol. The Kier molecular flexibility index (Phi) is 4.87. The fraction of sp³-hybridized carbons (Fsp3) is 0.136. The molecule has 2 aromatic carbocycles. The number of hydrogen-bond donors (Lipinski definition) is 1. The normalized spacial score (nSPS) is 10.7. The third-order valence-electron chi connectivity index (χ3n) is 4.59. The van der Waals surface area contributed by atoms with E-state index < -0.39 is 0 Å². The molecule has 0 atom stereocenters. The molecule has 29 heavy (non-hydrogen) atoms. The first-order chi connectivity index (χ1) is 14.0. The molecule has 0 spiro atoms. The molecular formula is C22H21N5O2. The minimum absolute atomic E-state index is 0.304. The Bertz CT molecular complexity index is 1140. The molecule has 2 aromatic heterocycles. The van der Waals surface area contributed by atoms with Crippen LogP contribution in [0.15, 0.2) is 66.9 Å². The van der Waals surface area contributed by atoms with Gasteiger partial charge in [-0.15, -0.1) is 5.10 Å². The van der Waals surface area contributed by atoms with Crippen LogP contribution < -0.4 is 10.1 Å². The lowest BCUT2D eigenvalue weighted by Crippen LogP contribution is -2.14. The maximum Gasteiger partial charge on any atom is 0.277 e. The number of nitrogens with one attached hydrogen (secondary N) is 1. The summed E-state index contributed by atoms with van der Waals surface area (Å²) in [6.45, 7) is 3.81. The van der Waals surface area contributed by atoms with E-state index in [1.54, 1.807) is 22.5 Å². The molecule has 146 valence electrons. The van der Waals surface area contributed by atoms with Crippen molar-refractivity contribution < 1.29 is 9.53 Å². The quantitative estimate of drug-likeness (QED) is 0.563. The van der Waals surface area contributed by atoms with Gasteiger partial charge in [0, 0.05) is 17.5 Å². The maximum absolute atomic E-state index is 12.8. The second kappa shape index (κ2) is 7.63. The topological polar surface area (TPSA) is 74.0 Å². The molecule has 7 nitrogen and oxygen atoms in total. The van der Waals surface area contributed by atoms with Gasteiger partial charge in [-0.1, -0.05) is 18.2 Å². The molecule has 7 heteroatoms. The van der Waals surface area contributed by atoms with Crippen LogP contribution >= 0.6 is 0 Å². The number of methoxy groups -OCH3 is 1. The predicted octanol–water partition coefficient (Wildman–Crippen LogP) is 3.94. The first-order valence-electron chi connectivity index (χ1n) is 9.19. The molecule has 2 heterocycles. The second-order valence-corrected chi connectivity index (χ2v) is 6.68. The molecule has 0 aliphatic heterocycles. The minimum Gasteiger partial charge on any atom is -0.497 e. The van der Waals surface area contributed by atoms with Gasteiger partial charge in [0.25, 0.3) is 5.91 Å². The number of ether oxygens (including phenoxy) is 1. The van der Waals surface area contributed by atoms with Gasteiger partial charge >= 0.3 is 0 Å². The summed E-state index contributed by atoms with van der Waals surface area (Å²) in [5.41, 5.74) is 3.83. The molecule has 0 unspecified atom stereocenters. The van der Waals surface area contributed by atoms with Crippen molar-refractivity contribution >= 4 is 11.7 Å². The van der Waals surface area contributed by atoms with Crippen molar-refractivity contribution in [3.8, 4) is 17.1 Å². The number of aryl methyl sites for hydroxylation is 2. The van der Waals surface area contributed by atoms with Crippen LogP contribution in [-0.4, -0.2) is 32.6 Å². The number of benzene rings is 2. The van der Waals surface area contributed by atoms with E-state index in [2.05, 4.69) is 15.5 Å². The number of aromatic nitrogens is 4. The highest BCUT2D eigenvalue weighted by molar-refractivity contribution is 6.02. The molecule has 4 aromatic rings. The summed E-state index contributed by atoms with van der Waals surface area (Å²) in [7, 11) is 1.62. The monoisotopic (exact) mass is 387 g/mol. The van der Waals surface area contributed by atoms with E-state index in [-0.39, 0.29) is 5.91 Å². The zero-order valence-corrected chi connectivity index (χ0v) is 16.5. The zero-order valence-electron chi connectivity index (χ0n) is 16.5. The van der Waals surface area contributed by atoms with Gasteiger partial charge in [0.2, 0.25) is 0 Å². The van der Waals surface area contributed by atoms with Gasteiger partial charge in [-0.05, 0) is 56.3 Å². The largest absolute Gasteiger partial charge is 0.497 e. The van der Waals surface area contributed by atoms with Gasteiger partial charge in [0.15, 0.2) is 11.5 Å². The number of carbonyl (C=O) groups is 1. The molecule has 0 radical (unpaired) electrons. The average Bonchev–Trinajstić information content (AvgIpc) is 3.31. The van der Waals surface area contributed by atoms with Gasteiger partial charge in [-0.2, -0.15) is 5.10 Å². The minimum atomic E-state index is -0.304. The standard InChI is InChI=1S/C22H21N5O2/c1-15-14-26(17-7-5-4-6-8-17)25-21(15)23-22(28)20-13-16(2)27(24-20)18-9-11-19(29-3)12-10-18/h4-14H,1-3H3,(H,23,25,28). The van der Waals surface area contributed by atoms with Crippen molar-refractivity contribution in [2.24, 2.45) is 0 Å². The van der Waals surface area contributed by atoms with Gasteiger partial charge in [-0.3, -0.25) is 4.79 Å². The SMILES string of the molecule is COc1ccc(-n2nc(C(=O)Nc3nn(-c4ccccc4)cc3C)cc2C)cc1. The third kappa shape index (κ3) is 3.75. The Balaban J connectivity index is 1.56. The van der Waals surface area contributed by atoms with E-state index in [1.807, 2.05) is 74.6 Å². The zero-order chi connectivity index (χ0) is 20.4. The summed E-state index contributed by atoms with van der Waals surface area (Å²) in [6.07, 6.45) is 1.88. The van der Waals surface area contributed by atoms with E-state index in [4.69, 9.17) is 4.74 Å². The summed E-state index contributed by atoms with van der Waals surface area (Å²) in [5, 5.41) is 11.8. The summed E-state index contributed by atoms with van der Waals surface area (Å²) in [6, 6.07) is 19.0. The highest BCUT2D eigenvalue weighted by Gasteiger charge is 2.16. The van der Waals surface area contributed by atoms with Crippen LogP contribution in [0.4, 0.5) is 5.82 Å². The fourth-order valence-corrected chi connectivity index (χ4v) is 3.04. The van der Waals surface area contributed by atoms with E-state index in [9.17, 15) is 4.79 Å². The summed E-state index contributed by atoms with van der Waals surface area (Å²) in [5.74, 6) is 0.971. The van der Waals surface area contributed by atoms with Crippen LogP contribution in [0, 0.1) is 13.8 Å². The highest BCUT2D eigenvalue weighted by atomic mass is 16.5. The first-order valence-corrected chi connectivity index (χ1v) is 9.19. The number of anilines is 1. The number of rotatable bonds is 5. The summed E-state index contributed by atoms with van der Waals surface area (Å²) < 4.78 is 8.66. The predicted molar refractivity (Wildman–Crippen MR) is 111 cm³/mol. The van der Waals surface area contributed by atoms with Crippen molar-refractivity contribution in [2.75, 3.05) is 12.4 Å². The Labute approximate surface area is 168 Å². The molecule has 0 saturated carbocycles. The highest BCUT2D eigenvalue weighted by Crippen LogP contribution is 2.19. The lowest BCUT2D eigenvalue weighted by Gasteiger charge is -2.05. The molecule has 4 rings (SSSR count). The van der Waals surface area contributed by atoms with E-state index in [0.29, 0.717) is 11.5 Å². The number of para-hydroxylation sites is 1. The Morgan fingerprint density at radius 1 is 0.966 bits per heavy atom. The Morgan fingerprint density at radius 2 is 1.69 bits per heavy atom. The van der Waals surface area contributed by atoms with E-state index >= 15 is 0 Å².